The van der Waals surface area contributed by atoms with Crippen molar-refractivity contribution in [3.63, 3.8) is 0 Å². The fraction of sp³-hybridized carbons (Fsp3) is 0.944. The summed E-state index contributed by atoms with van der Waals surface area (Å²) in [5.41, 5.74) is 0.414. The van der Waals surface area contributed by atoms with Gasteiger partial charge in [-0.25, -0.2) is 4.79 Å². The van der Waals surface area contributed by atoms with Gasteiger partial charge in [-0.2, -0.15) is 0 Å². The van der Waals surface area contributed by atoms with Crippen LogP contribution in [0.15, 0.2) is 0 Å². The van der Waals surface area contributed by atoms with Crippen molar-refractivity contribution >= 4 is 6.03 Å². The van der Waals surface area contributed by atoms with E-state index < -0.39 is 0 Å². The Morgan fingerprint density at radius 1 is 1.04 bits per heavy atom. The van der Waals surface area contributed by atoms with Gasteiger partial charge in [0, 0.05) is 38.8 Å². The van der Waals surface area contributed by atoms with Crippen LogP contribution in [0.3, 0.4) is 0 Å². The van der Waals surface area contributed by atoms with Gasteiger partial charge in [-0.3, -0.25) is 4.90 Å². The van der Waals surface area contributed by atoms with E-state index in [-0.39, 0.29) is 6.03 Å². The summed E-state index contributed by atoms with van der Waals surface area (Å²) >= 11 is 0. The number of nitrogens with one attached hydrogen (secondary N) is 2. The Balaban J connectivity index is 1.39. The first kappa shape index (κ1) is 17.0. The number of urea groups is 1. The van der Waals surface area contributed by atoms with Gasteiger partial charge < -0.3 is 15.4 Å². The summed E-state index contributed by atoms with van der Waals surface area (Å²) in [6.07, 6.45) is 11.5. The third-order valence-electron chi connectivity index (χ3n) is 6.09. The van der Waals surface area contributed by atoms with Crippen molar-refractivity contribution in [3.05, 3.63) is 0 Å². The first-order valence-electron chi connectivity index (χ1n) is 9.63. The lowest BCUT2D eigenvalue weighted by Crippen LogP contribution is -2.52. The number of hydrogen-bond acceptors (Lipinski definition) is 3. The van der Waals surface area contributed by atoms with Crippen LogP contribution in [0.2, 0.25) is 0 Å². The van der Waals surface area contributed by atoms with Crippen molar-refractivity contribution < 1.29 is 9.53 Å². The smallest absolute Gasteiger partial charge is 0.315 e. The van der Waals surface area contributed by atoms with Gasteiger partial charge in [0.2, 0.25) is 0 Å². The summed E-state index contributed by atoms with van der Waals surface area (Å²) in [5.74, 6) is 0. The van der Waals surface area contributed by atoms with Crippen molar-refractivity contribution in [3.8, 4) is 0 Å². The zero-order valence-electron chi connectivity index (χ0n) is 14.4. The summed E-state index contributed by atoms with van der Waals surface area (Å²) in [4.78, 5) is 14.7. The second-order valence-electron chi connectivity index (χ2n) is 7.58. The van der Waals surface area contributed by atoms with Crippen LogP contribution in [0, 0.1) is 5.41 Å². The van der Waals surface area contributed by atoms with Gasteiger partial charge in [-0.15, -0.1) is 0 Å². The van der Waals surface area contributed by atoms with Crippen LogP contribution in [0.25, 0.3) is 0 Å². The summed E-state index contributed by atoms with van der Waals surface area (Å²) in [6.45, 7) is 5.40. The number of carbonyl (C=O) groups excluding carboxylic acids is 1. The van der Waals surface area contributed by atoms with Crippen LogP contribution in [0.4, 0.5) is 4.79 Å². The molecule has 0 aromatic heterocycles. The molecule has 1 atom stereocenters. The van der Waals surface area contributed by atoms with Crippen LogP contribution in [0.5, 0.6) is 0 Å². The predicted molar refractivity (Wildman–Crippen MR) is 91.6 cm³/mol. The van der Waals surface area contributed by atoms with E-state index in [0.29, 0.717) is 11.5 Å². The second kappa shape index (κ2) is 8.34. The molecular weight excluding hydrogens is 290 g/mol. The Morgan fingerprint density at radius 2 is 1.83 bits per heavy atom. The fourth-order valence-corrected chi connectivity index (χ4v) is 4.77. The molecule has 132 valence electrons. The van der Waals surface area contributed by atoms with Crippen molar-refractivity contribution in [2.75, 3.05) is 39.4 Å². The highest BCUT2D eigenvalue weighted by Gasteiger charge is 2.43. The lowest BCUT2D eigenvalue weighted by Gasteiger charge is -2.42. The molecule has 2 aliphatic carbocycles. The number of nitrogens with zero attached hydrogens (tertiary/aromatic N) is 1. The van der Waals surface area contributed by atoms with E-state index in [4.69, 9.17) is 4.74 Å². The summed E-state index contributed by atoms with van der Waals surface area (Å²) in [6, 6.07) is 0.430. The second-order valence-corrected chi connectivity index (χ2v) is 7.58. The van der Waals surface area contributed by atoms with Crippen LogP contribution in [-0.2, 0) is 4.74 Å². The van der Waals surface area contributed by atoms with E-state index in [1.54, 1.807) is 0 Å². The Morgan fingerprint density at radius 3 is 2.65 bits per heavy atom. The summed E-state index contributed by atoms with van der Waals surface area (Å²) < 4.78 is 5.46. The molecule has 2 saturated carbocycles. The van der Waals surface area contributed by atoms with Gasteiger partial charge >= 0.3 is 6.03 Å². The van der Waals surface area contributed by atoms with E-state index in [9.17, 15) is 4.79 Å². The molecule has 1 spiro atoms. The Bertz CT molecular complexity index is 374. The normalized spacial score (nSPS) is 28.4. The van der Waals surface area contributed by atoms with Crippen LogP contribution in [-0.4, -0.2) is 56.4 Å². The van der Waals surface area contributed by atoms with Crippen molar-refractivity contribution in [1.82, 2.24) is 15.5 Å². The molecule has 0 aromatic rings. The number of rotatable bonds is 4. The zero-order chi connectivity index (χ0) is 16.0. The van der Waals surface area contributed by atoms with Gasteiger partial charge in [0.1, 0.15) is 0 Å². The van der Waals surface area contributed by atoms with Crippen LogP contribution < -0.4 is 10.6 Å². The highest BCUT2D eigenvalue weighted by molar-refractivity contribution is 5.74. The first-order valence-corrected chi connectivity index (χ1v) is 9.63. The minimum Gasteiger partial charge on any atom is -0.380 e. The third kappa shape index (κ3) is 4.60. The Labute approximate surface area is 140 Å². The topological polar surface area (TPSA) is 53.6 Å². The first-order chi connectivity index (χ1) is 11.3. The number of carbonyl (C=O) groups is 1. The molecule has 0 aromatic carbocycles. The van der Waals surface area contributed by atoms with E-state index in [2.05, 4.69) is 15.5 Å². The minimum absolute atomic E-state index is 0.0363. The molecule has 1 saturated heterocycles. The minimum atomic E-state index is 0.0363. The van der Waals surface area contributed by atoms with E-state index in [0.717, 1.165) is 52.2 Å². The van der Waals surface area contributed by atoms with Gasteiger partial charge in [-0.1, -0.05) is 25.7 Å². The van der Waals surface area contributed by atoms with Gasteiger partial charge in [0.15, 0.2) is 0 Å². The summed E-state index contributed by atoms with van der Waals surface area (Å²) in [7, 11) is 0. The lowest BCUT2D eigenvalue weighted by atomic mass is 9.69. The van der Waals surface area contributed by atoms with Crippen LogP contribution in [0.1, 0.15) is 57.8 Å². The van der Waals surface area contributed by atoms with Crippen molar-refractivity contribution in [1.29, 1.82) is 0 Å². The highest BCUT2D eigenvalue weighted by atomic mass is 16.5. The molecule has 1 heterocycles. The molecule has 5 heteroatoms. The SMILES string of the molecule is O=C(NCCN1CCCOCC1)NC1CCCCC12CCCC2. The quantitative estimate of drug-likeness (QED) is 0.836. The highest BCUT2D eigenvalue weighted by Crippen LogP contribution is 2.48. The standard InChI is InChI=1S/C18H33N3O2/c22-17(19-10-12-21-11-5-14-23-15-13-21)20-16-6-1-2-7-18(16)8-3-4-9-18/h16H,1-15H2,(H2,19,20,22). The molecule has 0 radical (unpaired) electrons. The summed E-state index contributed by atoms with van der Waals surface area (Å²) in [5, 5.41) is 6.38. The number of amides is 2. The number of ether oxygens (including phenoxy) is 1. The Hall–Kier alpha value is -0.810. The van der Waals surface area contributed by atoms with Crippen molar-refractivity contribution in [2.24, 2.45) is 5.41 Å². The molecule has 0 bridgehead atoms. The Kier molecular flexibility index (Phi) is 6.17. The molecule has 1 unspecified atom stereocenters. The molecule has 2 amide bonds. The maximum Gasteiger partial charge on any atom is 0.315 e. The maximum atomic E-state index is 12.3. The maximum absolute atomic E-state index is 12.3. The molecule has 3 fully saturated rings. The monoisotopic (exact) mass is 323 g/mol. The molecule has 3 rings (SSSR count). The molecular formula is C18H33N3O2. The van der Waals surface area contributed by atoms with Crippen molar-refractivity contribution in [2.45, 2.75) is 63.8 Å². The zero-order valence-corrected chi connectivity index (χ0v) is 14.4. The average molecular weight is 323 g/mol. The molecule has 3 aliphatic rings. The third-order valence-corrected chi connectivity index (χ3v) is 6.09. The van der Waals surface area contributed by atoms with Gasteiger partial charge in [-0.05, 0) is 37.5 Å². The molecule has 2 N–H and O–H groups in total. The predicted octanol–water partition coefficient (Wildman–Crippen LogP) is 2.51. The fourth-order valence-electron chi connectivity index (χ4n) is 4.77. The average Bonchev–Trinajstić information content (AvgIpc) is 2.86. The van der Waals surface area contributed by atoms with Gasteiger partial charge in [0.25, 0.3) is 0 Å². The molecule has 23 heavy (non-hydrogen) atoms. The van der Waals surface area contributed by atoms with Gasteiger partial charge in [0.05, 0.1) is 6.61 Å². The number of hydrogen-bond donors (Lipinski definition) is 2. The molecule has 1 aliphatic heterocycles. The van der Waals surface area contributed by atoms with E-state index in [1.807, 2.05) is 0 Å². The van der Waals surface area contributed by atoms with E-state index >= 15 is 0 Å². The van der Waals surface area contributed by atoms with Crippen LogP contribution >= 0.6 is 0 Å². The van der Waals surface area contributed by atoms with E-state index in [1.165, 1.54) is 44.9 Å². The lowest BCUT2D eigenvalue weighted by molar-refractivity contribution is 0.133. The molecule has 5 nitrogen and oxygen atoms in total. The largest absolute Gasteiger partial charge is 0.380 e.